The van der Waals surface area contributed by atoms with Crippen LogP contribution in [0.4, 0.5) is 26.3 Å². The van der Waals surface area contributed by atoms with Gasteiger partial charge in [0.15, 0.2) is 34.7 Å². The summed E-state index contributed by atoms with van der Waals surface area (Å²) in [6, 6.07) is 29.4. The van der Waals surface area contributed by atoms with Crippen LogP contribution < -0.4 is 14.2 Å². The molecule has 3 saturated carbocycles. The summed E-state index contributed by atoms with van der Waals surface area (Å²) in [4.78, 5) is 12.3. The van der Waals surface area contributed by atoms with Gasteiger partial charge in [-0.25, -0.2) is 26.3 Å². The molecule has 3 heterocycles. The van der Waals surface area contributed by atoms with Gasteiger partial charge >= 0.3 is 0 Å². The van der Waals surface area contributed by atoms with E-state index in [1.807, 2.05) is 60.7 Å². The fourth-order valence-electron chi connectivity index (χ4n) is 15.5. The van der Waals surface area contributed by atoms with E-state index < -0.39 is 63.4 Å². The molecule has 0 amide bonds. The molecule has 6 aromatic rings. The van der Waals surface area contributed by atoms with Gasteiger partial charge in [-0.2, -0.15) is 0 Å². The fourth-order valence-corrected chi connectivity index (χ4v) is 15.9. The van der Waals surface area contributed by atoms with Crippen LogP contribution in [0.2, 0.25) is 15.1 Å². The van der Waals surface area contributed by atoms with Crippen molar-refractivity contribution in [2.24, 2.45) is 35.5 Å². The summed E-state index contributed by atoms with van der Waals surface area (Å²) in [5, 5.41) is 22.6. The molecular formula is C66H67Cl3F6O6. The molecule has 6 nitrogen and oxygen atoms in total. The second-order valence-electron chi connectivity index (χ2n) is 23.5. The van der Waals surface area contributed by atoms with E-state index >= 15 is 13.2 Å². The minimum Gasteiger partial charge on any atom is -0.490 e. The average Bonchev–Trinajstić information content (AvgIpc) is 3.63. The third-order valence-corrected chi connectivity index (χ3v) is 19.8. The zero-order valence-electron chi connectivity index (χ0n) is 45.5. The van der Waals surface area contributed by atoms with Crippen molar-refractivity contribution < 1.29 is 55.6 Å². The van der Waals surface area contributed by atoms with Crippen LogP contribution in [-0.2, 0) is 40.3 Å². The van der Waals surface area contributed by atoms with Crippen LogP contribution >= 0.6 is 34.8 Å². The van der Waals surface area contributed by atoms with Crippen LogP contribution in [0.1, 0.15) is 112 Å². The highest BCUT2D eigenvalue weighted by Crippen LogP contribution is 2.59. The van der Waals surface area contributed by atoms with Gasteiger partial charge in [-0.05, 0) is 180 Å². The first-order valence-corrected chi connectivity index (χ1v) is 29.3. The minimum atomic E-state index is -0.665. The molecule has 11 atom stereocenters. The van der Waals surface area contributed by atoms with Crippen molar-refractivity contribution in [1.29, 1.82) is 0 Å². The summed E-state index contributed by atoms with van der Waals surface area (Å²) in [5.74, 6) is -3.34. The highest BCUT2D eigenvalue weighted by atomic mass is 35.5. The first-order chi connectivity index (χ1) is 38.8. The lowest BCUT2D eigenvalue weighted by molar-refractivity contribution is -0.126. The van der Waals surface area contributed by atoms with E-state index in [4.69, 9.17) is 49.0 Å². The van der Waals surface area contributed by atoms with E-state index in [2.05, 4.69) is 0 Å². The molecule has 0 saturated heterocycles. The molecule has 430 valence electrons. The van der Waals surface area contributed by atoms with Crippen molar-refractivity contribution in [2.75, 3.05) is 19.8 Å². The molecule has 3 unspecified atom stereocenters. The maximum Gasteiger partial charge on any atom is 0.165 e. The van der Waals surface area contributed by atoms with Gasteiger partial charge in [0.25, 0.3) is 0 Å². The number of carbonyl (C=O) groups excluding carboxylic acids is 1. The maximum atomic E-state index is 15.0. The summed E-state index contributed by atoms with van der Waals surface area (Å²) in [6.07, 6.45) is 7.76. The lowest BCUT2D eigenvalue weighted by atomic mass is 9.54. The molecule has 6 aromatic carbocycles. The molecule has 0 spiro atoms. The Morgan fingerprint density at radius 1 is 0.469 bits per heavy atom. The number of rotatable bonds is 9. The number of aliphatic hydroxyl groups is 2. The first kappa shape index (κ1) is 58.9. The number of ketones is 1. The number of hydrogen-bond donors (Lipinski definition) is 2. The predicted octanol–water partition coefficient (Wildman–Crippen LogP) is 16.1. The first-order valence-electron chi connectivity index (χ1n) is 28.2. The summed E-state index contributed by atoms with van der Waals surface area (Å²) in [7, 11) is 0. The van der Waals surface area contributed by atoms with Gasteiger partial charge < -0.3 is 24.4 Å². The Morgan fingerprint density at radius 2 is 0.753 bits per heavy atom. The third kappa shape index (κ3) is 11.3. The third-order valence-electron chi connectivity index (χ3n) is 19.1. The number of hydrogen-bond acceptors (Lipinski definition) is 6. The molecule has 12 rings (SSSR count). The van der Waals surface area contributed by atoms with E-state index in [9.17, 15) is 28.2 Å². The molecule has 2 N–H and O–H groups in total. The van der Waals surface area contributed by atoms with Crippen molar-refractivity contribution in [3.63, 3.8) is 0 Å². The Bertz CT molecular complexity index is 3090. The summed E-state index contributed by atoms with van der Waals surface area (Å²) in [6.45, 7) is 5.94. The summed E-state index contributed by atoms with van der Waals surface area (Å²) < 4.78 is 106. The lowest BCUT2D eigenvalue weighted by Crippen LogP contribution is -2.53. The zero-order valence-corrected chi connectivity index (χ0v) is 47.8. The van der Waals surface area contributed by atoms with Gasteiger partial charge in [-0.15, -0.1) is 0 Å². The van der Waals surface area contributed by atoms with Gasteiger partial charge in [0.05, 0.1) is 32.0 Å². The highest BCUT2D eigenvalue weighted by Gasteiger charge is 2.56. The van der Waals surface area contributed by atoms with Crippen molar-refractivity contribution in [2.45, 2.75) is 126 Å². The van der Waals surface area contributed by atoms with Crippen LogP contribution in [0, 0.1) is 70.4 Å². The number of benzene rings is 6. The average molecular weight is 1180 g/mol. The molecule has 0 radical (unpaired) electrons. The van der Waals surface area contributed by atoms with Crippen LogP contribution in [-0.4, -0.2) is 48.0 Å². The van der Waals surface area contributed by atoms with Crippen molar-refractivity contribution in [3.05, 3.63) is 193 Å². The summed E-state index contributed by atoms with van der Waals surface area (Å²) >= 11 is 18.0. The molecule has 3 fully saturated rings. The van der Waals surface area contributed by atoms with E-state index in [1.165, 1.54) is 18.2 Å². The number of Topliss-reactive ketones (excluding diaryl/α,β-unsaturated/α-hetero) is 1. The van der Waals surface area contributed by atoms with Gasteiger partial charge in [0, 0.05) is 71.7 Å². The van der Waals surface area contributed by atoms with Gasteiger partial charge in [0.2, 0.25) is 0 Å². The Morgan fingerprint density at radius 3 is 1.06 bits per heavy atom. The topological polar surface area (TPSA) is 85.2 Å². The molecular weight excluding hydrogens is 1110 g/mol. The predicted molar refractivity (Wildman–Crippen MR) is 303 cm³/mol. The van der Waals surface area contributed by atoms with Crippen LogP contribution in [0.5, 0.6) is 17.2 Å². The van der Waals surface area contributed by atoms with Gasteiger partial charge in [-0.1, -0.05) is 90.5 Å². The number of fused-ring (bicyclic) bond motifs is 9. The Hall–Kier alpha value is -5.24. The number of halogens is 9. The number of ether oxygens (including phenoxy) is 3. The fraction of sp³-hybridized carbons (Fsp3) is 0.439. The highest BCUT2D eigenvalue weighted by molar-refractivity contribution is 6.31. The van der Waals surface area contributed by atoms with Crippen molar-refractivity contribution >= 4 is 40.6 Å². The molecule has 0 bridgehead atoms. The lowest BCUT2D eigenvalue weighted by Gasteiger charge is -2.52. The molecule has 3 aliphatic heterocycles. The van der Waals surface area contributed by atoms with E-state index in [0.29, 0.717) is 57.4 Å². The quantitative estimate of drug-likeness (QED) is 0.140. The van der Waals surface area contributed by atoms with E-state index in [1.54, 1.807) is 32.9 Å². The SMILES string of the molecule is CC(=O)[C@@H]1CCC[C@@]2(Cc3ccc(Cl)cc3)c3c(F)ccc(F)c3OCC12.C[C@@H](O)[C@@H]1CCC[C@@]2(Cc3ccc(Cl)cc3)c3c(F)ccc(F)c3OCC12.C[C@H](O)[C@@H]1CCC[C@@]2(Cc3ccc(Cl)cc3)c3c(F)ccc(F)c3OCC12. The van der Waals surface area contributed by atoms with Crippen LogP contribution in [0.25, 0.3) is 0 Å². The number of aliphatic hydroxyl groups excluding tert-OH is 2. The largest absolute Gasteiger partial charge is 0.490 e. The molecule has 15 heteroatoms. The van der Waals surface area contributed by atoms with E-state index in [0.717, 1.165) is 86.3 Å². The molecule has 0 aromatic heterocycles. The standard InChI is InChI=1S/2C22H23ClF2O2.C22H21ClF2O2/c3*1-13(26)16-3-2-10-22(11-14-4-6-15(23)7-5-14)17(16)12-27-21-19(25)9-8-18(24)20(21)22/h2*4-9,13,16-17,26H,2-3,10-12H2,1H3;4-9,16-17H,2-3,10-12H2,1H3/t13-,16+,17?,22+;13-,16-,17?,22-;16-,17?,22-/m100/s1. The Labute approximate surface area is 485 Å². The molecule has 6 aliphatic rings. The van der Waals surface area contributed by atoms with Gasteiger partial charge in [0.1, 0.15) is 23.2 Å². The van der Waals surface area contributed by atoms with Gasteiger partial charge in [-0.3, -0.25) is 4.79 Å². The van der Waals surface area contributed by atoms with Crippen LogP contribution in [0.3, 0.4) is 0 Å². The Kier molecular flexibility index (Phi) is 17.6. The second-order valence-corrected chi connectivity index (χ2v) is 24.8. The molecule has 81 heavy (non-hydrogen) atoms. The number of carbonyl (C=O) groups is 1. The van der Waals surface area contributed by atoms with Crippen LogP contribution in [0.15, 0.2) is 109 Å². The smallest absolute Gasteiger partial charge is 0.165 e. The second kappa shape index (κ2) is 24.2. The van der Waals surface area contributed by atoms with E-state index in [-0.39, 0.29) is 78.4 Å². The monoisotopic (exact) mass is 1170 g/mol. The normalized spacial score (nSPS) is 27.6. The Balaban J connectivity index is 0.000000136. The minimum absolute atomic E-state index is 0.00409. The maximum absolute atomic E-state index is 15.0. The van der Waals surface area contributed by atoms with Crippen molar-refractivity contribution in [3.8, 4) is 17.2 Å². The summed E-state index contributed by atoms with van der Waals surface area (Å²) in [5.41, 5.74) is 2.12. The van der Waals surface area contributed by atoms with Crippen molar-refractivity contribution in [1.82, 2.24) is 0 Å². The zero-order chi connectivity index (χ0) is 57.5. The molecule has 3 aliphatic carbocycles.